The number of pyridine rings is 1. The predicted molar refractivity (Wildman–Crippen MR) is 145 cm³/mol. The molecule has 8 nitrogen and oxygen atoms in total. The van der Waals surface area contributed by atoms with Gasteiger partial charge in [-0.25, -0.2) is 4.98 Å². The molecule has 6 rings (SSSR count). The van der Waals surface area contributed by atoms with Gasteiger partial charge < -0.3 is 15.2 Å². The number of aryl methyl sites for hydroxylation is 2. The van der Waals surface area contributed by atoms with Crippen LogP contribution in [0.1, 0.15) is 40.8 Å². The lowest BCUT2D eigenvalue weighted by atomic mass is 10.0. The van der Waals surface area contributed by atoms with Crippen LogP contribution < -0.4 is 10.1 Å². The Hall–Kier alpha value is -3.98. The maximum absolute atomic E-state index is 11.8. The first-order valence-electron chi connectivity index (χ1n) is 12.4. The third-order valence-electron chi connectivity index (χ3n) is 6.70. The van der Waals surface area contributed by atoms with E-state index in [1.165, 1.54) is 0 Å². The second-order valence-electron chi connectivity index (χ2n) is 9.31. The van der Waals surface area contributed by atoms with E-state index in [1.807, 2.05) is 43.3 Å². The average Bonchev–Trinajstić information content (AvgIpc) is 3.48. The molecule has 1 atom stereocenters. The Labute approximate surface area is 217 Å². The number of hydrogen-bond donors (Lipinski definition) is 2. The summed E-state index contributed by atoms with van der Waals surface area (Å²) in [5.74, 6) is -0.129. The number of fused-ring (bicyclic) bond motifs is 3. The lowest BCUT2D eigenvalue weighted by molar-refractivity contribution is -0.137. The molecule has 0 saturated carbocycles. The lowest BCUT2D eigenvalue weighted by Crippen LogP contribution is -2.16. The number of carboxylic acid groups (broad SMARTS) is 1. The molecule has 1 unspecified atom stereocenters. The highest BCUT2D eigenvalue weighted by Gasteiger charge is 2.22. The number of carbonyl (C=O) groups is 1. The average molecular weight is 514 g/mol. The molecule has 1 aliphatic heterocycles. The van der Waals surface area contributed by atoms with Crippen LogP contribution in [-0.2, 0) is 17.6 Å². The molecule has 37 heavy (non-hydrogen) atoms. The number of rotatable bonds is 8. The number of aromatic nitrogens is 4. The molecule has 3 aromatic heterocycles. The Kier molecular flexibility index (Phi) is 6.21. The van der Waals surface area contributed by atoms with E-state index in [4.69, 9.17) is 9.72 Å². The molecule has 4 heterocycles. The molecule has 0 saturated heterocycles. The molecule has 2 aromatic carbocycles. The summed E-state index contributed by atoms with van der Waals surface area (Å²) in [4.78, 5) is 21.1. The molecular weight excluding hydrogens is 486 g/mol. The first kappa shape index (κ1) is 23.4. The van der Waals surface area contributed by atoms with Gasteiger partial charge in [-0.3, -0.25) is 14.5 Å². The Morgan fingerprint density at radius 3 is 3.00 bits per heavy atom. The predicted octanol–water partition coefficient (Wildman–Crippen LogP) is 5.39. The van der Waals surface area contributed by atoms with E-state index in [0.717, 1.165) is 80.3 Å². The molecule has 9 heteroatoms. The van der Waals surface area contributed by atoms with Crippen LogP contribution in [0.15, 0.2) is 54.7 Å². The van der Waals surface area contributed by atoms with E-state index < -0.39 is 12.0 Å². The lowest BCUT2D eigenvalue weighted by Gasteiger charge is -2.18. The Morgan fingerprint density at radius 1 is 1.19 bits per heavy atom. The number of ether oxygens (including phenoxy) is 1. The SMILES string of the molecule is Cc1nc2cc(C(CC(=O)O)n3ncc4cc(OCCc5ccc6c(n5)CCCN6)ccc43)ccc2s1. The highest BCUT2D eigenvalue weighted by Crippen LogP contribution is 2.31. The quantitative estimate of drug-likeness (QED) is 0.287. The van der Waals surface area contributed by atoms with Crippen molar-refractivity contribution in [3.63, 3.8) is 0 Å². The monoisotopic (exact) mass is 513 g/mol. The number of nitrogens with zero attached hydrogens (tertiary/aromatic N) is 4. The highest BCUT2D eigenvalue weighted by molar-refractivity contribution is 7.18. The van der Waals surface area contributed by atoms with Gasteiger partial charge in [0, 0.05) is 24.0 Å². The summed E-state index contributed by atoms with van der Waals surface area (Å²) in [6.45, 7) is 3.50. The van der Waals surface area contributed by atoms with Gasteiger partial charge in [-0.05, 0) is 67.8 Å². The van der Waals surface area contributed by atoms with Gasteiger partial charge in [0.25, 0.3) is 0 Å². The Bertz CT molecular complexity index is 1610. The summed E-state index contributed by atoms with van der Waals surface area (Å²) < 4.78 is 8.92. The van der Waals surface area contributed by atoms with Crippen LogP contribution in [0.4, 0.5) is 5.69 Å². The number of benzene rings is 2. The molecule has 0 spiro atoms. The fourth-order valence-electron chi connectivity index (χ4n) is 4.94. The Morgan fingerprint density at radius 2 is 2.11 bits per heavy atom. The summed E-state index contributed by atoms with van der Waals surface area (Å²) in [5, 5.41) is 19.5. The number of anilines is 1. The smallest absolute Gasteiger partial charge is 0.305 e. The molecule has 2 N–H and O–H groups in total. The zero-order valence-electron chi connectivity index (χ0n) is 20.5. The van der Waals surface area contributed by atoms with E-state index >= 15 is 0 Å². The van der Waals surface area contributed by atoms with Crippen LogP contribution in [0.5, 0.6) is 5.75 Å². The molecule has 1 aliphatic rings. The molecule has 0 aliphatic carbocycles. The first-order valence-corrected chi connectivity index (χ1v) is 13.3. The summed E-state index contributed by atoms with van der Waals surface area (Å²) in [5.41, 5.74) is 5.92. The normalized spacial score (nSPS) is 13.9. The minimum absolute atomic E-state index is 0.0764. The summed E-state index contributed by atoms with van der Waals surface area (Å²) >= 11 is 1.63. The van der Waals surface area contributed by atoms with E-state index in [0.29, 0.717) is 6.61 Å². The topological polar surface area (TPSA) is 102 Å². The van der Waals surface area contributed by atoms with Crippen molar-refractivity contribution in [1.82, 2.24) is 19.7 Å². The van der Waals surface area contributed by atoms with Crippen molar-refractivity contribution in [2.45, 2.75) is 38.6 Å². The van der Waals surface area contributed by atoms with Crippen molar-refractivity contribution in [2.75, 3.05) is 18.5 Å². The minimum Gasteiger partial charge on any atom is -0.493 e. The van der Waals surface area contributed by atoms with Gasteiger partial charge in [0.15, 0.2) is 0 Å². The van der Waals surface area contributed by atoms with Crippen molar-refractivity contribution in [3.8, 4) is 5.75 Å². The van der Waals surface area contributed by atoms with Gasteiger partial charge in [-0.1, -0.05) is 6.07 Å². The van der Waals surface area contributed by atoms with Gasteiger partial charge in [0.05, 0.1) is 57.4 Å². The fourth-order valence-corrected chi connectivity index (χ4v) is 5.74. The third-order valence-corrected chi connectivity index (χ3v) is 7.65. The number of thiazole rings is 1. The third kappa shape index (κ3) is 4.86. The summed E-state index contributed by atoms with van der Waals surface area (Å²) in [7, 11) is 0. The minimum atomic E-state index is -0.880. The van der Waals surface area contributed by atoms with Crippen LogP contribution in [-0.4, -0.2) is 44.0 Å². The van der Waals surface area contributed by atoms with Crippen LogP contribution in [0.2, 0.25) is 0 Å². The second kappa shape index (κ2) is 9.82. The number of aliphatic carboxylic acids is 1. The highest BCUT2D eigenvalue weighted by atomic mass is 32.1. The number of hydrogen-bond acceptors (Lipinski definition) is 7. The van der Waals surface area contributed by atoms with Crippen molar-refractivity contribution in [3.05, 3.63) is 76.7 Å². The molecule has 188 valence electrons. The largest absolute Gasteiger partial charge is 0.493 e. The van der Waals surface area contributed by atoms with Crippen LogP contribution in [0, 0.1) is 6.92 Å². The maximum atomic E-state index is 11.8. The second-order valence-corrected chi connectivity index (χ2v) is 10.5. The standard InChI is InChI=1S/C28H27N5O3S/c1-17-31-24-14-18(4-9-27(24)37-17)26(15-28(34)35)33-25-8-6-21(13-19(25)16-30-33)36-12-10-20-5-7-22-23(32-20)3-2-11-29-22/h4-9,13-14,16,26,29H,2-3,10-12,15H2,1H3,(H,34,35). The molecule has 0 fully saturated rings. The van der Waals surface area contributed by atoms with Crippen molar-refractivity contribution >= 4 is 44.1 Å². The van der Waals surface area contributed by atoms with Crippen LogP contribution >= 0.6 is 11.3 Å². The molecule has 0 radical (unpaired) electrons. The van der Waals surface area contributed by atoms with Crippen molar-refractivity contribution < 1.29 is 14.6 Å². The zero-order chi connectivity index (χ0) is 25.4. The van der Waals surface area contributed by atoms with E-state index in [9.17, 15) is 9.90 Å². The Balaban J connectivity index is 1.21. The maximum Gasteiger partial charge on any atom is 0.305 e. The van der Waals surface area contributed by atoms with Gasteiger partial charge in [-0.15, -0.1) is 11.3 Å². The van der Waals surface area contributed by atoms with E-state index in [2.05, 4.69) is 27.5 Å². The molecular formula is C28H27N5O3S. The number of nitrogens with one attached hydrogen (secondary N) is 1. The van der Waals surface area contributed by atoms with E-state index in [-0.39, 0.29) is 6.42 Å². The number of carboxylic acids is 1. The van der Waals surface area contributed by atoms with Gasteiger partial charge in [0.1, 0.15) is 5.75 Å². The molecule has 5 aromatic rings. The molecule has 0 amide bonds. The van der Waals surface area contributed by atoms with Gasteiger partial charge >= 0.3 is 5.97 Å². The van der Waals surface area contributed by atoms with Crippen molar-refractivity contribution in [1.29, 1.82) is 0 Å². The van der Waals surface area contributed by atoms with Crippen LogP contribution in [0.3, 0.4) is 0 Å². The molecule has 0 bridgehead atoms. The van der Waals surface area contributed by atoms with Crippen LogP contribution in [0.25, 0.3) is 21.1 Å². The fraction of sp³-hybridized carbons (Fsp3) is 0.286. The van der Waals surface area contributed by atoms with Crippen molar-refractivity contribution in [2.24, 2.45) is 0 Å². The summed E-state index contributed by atoms with van der Waals surface area (Å²) in [6, 6.07) is 15.5. The summed E-state index contributed by atoms with van der Waals surface area (Å²) in [6.07, 6.45) is 4.54. The van der Waals surface area contributed by atoms with Gasteiger partial charge in [-0.2, -0.15) is 5.10 Å². The van der Waals surface area contributed by atoms with Gasteiger partial charge in [0.2, 0.25) is 0 Å². The van der Waals surface area contributed by atoms with E-state index in [1.54, 1.807) is 22.2 Å². The zero-order valence-corrected chi connectivity index (χ0v) is 21.3. The first-order chi connectivity index (χ1) is 18.0.